The van der Waals surface area contributed by atoms with Crippen molar-refractivity contribution in [3.8, 4) is 0 Å². The first-order chi connectivity index (χ1) is 9.81. The lowest BCUT2D eigenvalue weighted by atomic mass is 9.83. The molecule has 2 unspecified atom stereocenters. The maximum atomic E-state index is 5.98. The van der Waals surface area contributed by atoms with Gasteiger partial charge >= 0.3 is 0 Å². The van der Waals surface area contributed by atoms with Crippen molar-refractivity contribution in [2.45, 2.75) is 31.7 Å². The number of benzene rings is 1. The van der Waals surface area contributed by atoms with Gasteiger partial charge in [0.2, 0.25) is 0 Å². The summed E-state index contributed by atoms with van der Waals surface area (Å²) in [6, 6.07) is 11.1. The number of hydrogen-bond acceptors (Lipinski definition) is 3. The fourth-order valence-electron chi connectivity index (χ4n) is 3.54. The Labute approximate surface area is 120 Å². The molecule has 0 saturated heterocycles. The monoisotopic (exact) mass is 269 g/mol. The van der Waals surface area contributed by atoms with E-state index in [0.29, 0.717) is 12.0 Å². The second-order valence-corrected chi connectivity index (χ2v) is 5.81. The van der Waals surface area contributed by atoms with Gasteiger partial charge < -0.3 is 10.6 Å². The lowest BCUT2D eigenvalue weighted by molar-refractivity contribution is 0.307. The van der Waals surface area contributed by atoms with E-state index < -0.39 is 0 Å². The third kappa shape index (κ3) is 2.38. The van der Waals surface area contributed by atoms with Crippen molar-refractivity contribution >= 4 is 16.6 Å². The molecule has 3 rings (SSSR count). The predicted molar refractivity (Wildman–Crippen MR) is 84.9 cm³/mol. The molecule has 1 heterocycles. The molecule has 3 nitrogen and oxygen atoms in total. The summed E-state index contributed by atoms with van der Waals surface area (Å²) >= 11 is 0. The van der Waals surface area contributed by atoms with E-state index in [1.165, 1.54) is 36.8 Å². The van der Waals surface area contributed by atoms with Crippen LogP contribution < -0.4 is 10.6 Å². The molecule has 2 atom stereocenters. The molecule has 2 aromatic rings. The number of hydrogen-bond donors (Lipinski definition) is 1. The summed E-state index contributed by atoms with van der Waals surface area (Å²) in [5, 5.41) is 1.24. The van der Waals surface area contributed by atoms with E-state index in [-0.39, 0.29) is 0 Å². The highest BCUT2D eigenvalue weighted by atomic mass is 15.1. The average molecular weight is 269 g/mol. The van der Waals surface area contributed by atoms with Crippen molar-refractivity contribution in [3.05, 3.63) is 36.5 Å². The molecule has 2 N–H and O–H groups in total. The summed E-state index contributed by atoms with van der Waals surface area (Å²) in [5.41, 5.74) is 8.33. The van der Waals surface area contributed by atoms with E-state index in [1.54, 1.807) is 0 Å². The number of fused-ring (bicyclic) bond motifs is 1. The zero-order valence-electron chi connectivity index (χ0n) is 12.1. The minimum atomic E-state index is 0.555. The molecule has 0 radical (unpaired) electrons. The van der Waals surface area contributed by atoms with Gasteiger partial charge in [0.05, 0.1) is 5.52 Å². The number of nitrogens with zero attached hydrogens (tertiary/aromatic N) is 2. The number of pyridine rings is 1. The normalized spacial score (nSPS) is 22.9. The van der Waals surface area contributed by atoms with Gasteiger partial charge in [-0.1, -0.05) is 31.0 Å². The fourth-order valence-corrected chi connectivity index (χ4v) is 3.54. The highest BCUT2D eigenvalue weighted by molar-refractivity contribution is 5.91. The largest absolute Gasteiger partial charge is 0.371 e. The summed E-state index contributed by atoms with van der Waals surface area (Å²) in [6.45, 7) is 0.790. The zero-order chi connectivity index (χ0) is 13.9. The van der Waals surface area contributed by atoms with Gasteiger partial charge in [-0.05, 0) is 37.4 Å². The zero-order valence-corrected chi connectivity index (χ0v) is 12.1. The molecule has 0 aliphatic heterocycles. The van der Waals surface area contributed by atoms with Crippen LogP contribution in [0.4, 0.5) is 5.69 Å². The summed E-state index contributed by atoms with van der Waals surface area (Å²) < 4.78 is 0. The minimum absolute atomic E-state index is 0.555. The molecule has 0 amide bonds. The quantitative estimate of drug-likeness (QED) is 0.930. The minimum Gasteiger partial charge on any atom is -0.371 e. The van der Waals surface area contributed by atoms with Crippen LogP contribution in [0.2, 0.25) is 0 Å². The first-order valence-corrected chi connectivity index (χ1v) is 7.58. The molecule has 0 spiro atoms. The van der Waals surface area contributed by atoms with Gasteiger partial charge in [-0.15, -0.1) is 0 Å². The summed E-state index contributed by atoms with van der Waals surface area (Å²) in [5.74, 6) is 0.612. The van der Waals surface area contributed by atoms with Crippen LogP contribution in [0.15, 0.2) is 36.5 Å². The van der Waals surface area contributed by atoms with E-state index in [9.17, 15) is 0 Å². The van der Waals surface area contributed by atoms with Gasteiger partial charge in [-0.2, -0.15) is 0 Å². The first kappa shape index (κ1) is 13.4. The third-order valence-electron chi connectivity index (χ3n) is 4.68. The van der Waals surface area contributed by atoms with Crippen LogP contribution in [0.3, 0.4) is 0 Å². The smallest absolute Gasteiger partial charge is 0.0722 e. The molecule has 1 aromatic carbocycles. The molecular weight excluding hydrogens is 246 g/mol. The van der Waals surface area contributed by atoms with Gasteiger partial charge in [0, 0.05) is 30.4 Å². The van der Waals surface area contributed by atoms with E-state index in [0.717, 1.165) is 12.1 Å². The van der Waals surface area contributed by atoms with Crippen LogP contribution in [-0.4, -0.2) is 24.6 Å². The Morgan fingerprint density at radius 1 is 1.20 bits per heavy atom. The van der Waals surface area contributed by atoms with E-state index in [4.69, 9.17) is 5.73 Å². The highest BCUT2D eigenvalue weighted by Gasteiger charge is 2.28. The Morgan fingerprint density at radius 2 is 2.00 bits per heavy atom. The number of aromatic nitrogens is 1. The molecule has 106 valence electrons. The Morgan fingerprint density at radius 3 is 2.85 bits per heavy atom. The van der Waals surface area contributed by atoms with E-state index in [2.05, 4.69) is 41.2 Å². The first-order valence-electron chi connectivity index (χ1n) is 7.58. The summed E-state index contributed by atoms with van der Waals surface area (Å²) in [6.07, 6.45) is 7.05. The molecular formula is C17H23N3. The van der Waals surface area contributed by atoms with E-state index >= 15 is 0 Å². The highest BCUT2D eigenvalue weighted by Crippen LogP contribution is 2.33. The second kappa shape index (κ2) is 5.80. The molecule has 1 fully saturated rings. The van der Waals surface area contributed by atoms with Crippen LogP contribution in [0, 0.1) is 5.92 Å². The van der Waals surface area contributed by atoms with Crippen molar-refractivity contribution in [1.82, 2.24) is 4.98 Å². The third-order valence-corrected chi connectivity index (χ3v) is 4.68. The van der Waals surface area contributed by atoms with Gasteiger partial charge in [0.15, 0.2) is 0 Å². The van der Waals surface area contributed by atoms with Gasteiger partial charge in [-0.25, -0.2) is 0 Å². The Bertz CT molecular complexity index is 576. The Hall–Kier alpha value is -1.61. The van der Waals surface area contributed by atoms with Crippen molar-refractivity contribution in [2.75, 3.05) is 18.5 Å². The van der Waals surface area contributed by atoms with Crippen molar-refractivity contribution in [2.24, 2.45) is 11.7 Å². The molecule has 1 saturated carbocycles. The standard InChI is InChI=1S/C17H23N3/c1-20(16-9-5-2-6-13(16)12-18)17-10-11-19-15-8-4-3-7-14(15)17/h3-4,7-8,10-11,13,16H,2,5-6,9,12,18H2,1H3. The lowest BCUT2D eigenvalue weighted by Crippen LogP contribution is -2.43. The Balaban J connectivity index is 1.97. The molecule has 1 aliphatic carbocycles. The number of nitrogens with two attached hydrogens (primary N) is 1. The SMILES string of the molecule is CN(c1ccnc2ccccc12)C1CCCCC1CN. The van der Waals surface area contributed by atoms with Gasteiger partial charge in [0.1, 0.15) is 0 Å². The maximum absolute atomic E-state index is 5.98. The number of para-hydroxylation sites is 1. The number of anilines is 1. The molecule has 1 aliphatic rings. The van der Waals surface area contributed by atoms with Crippen LogP contribution in [-0.2, 0) is 0 Å². The lowest BCUT2D eigenvalue weighted by Gasteiger charge is -2.39. The van der Waals surface area contributed by atoms with Crippen molar-refractivity contribution in [3.63, 3.8) is 0 Å². The Kier molecular flexibility index (Phi) is 3.88. The summed E-state index contributed by atoms with van der Waals surface area (Å²) in [7, 11) is 2.21. The average Bonchev–Trinajstić information content (AvgIpc) is 2.53. The van der Waals surface area contributed by atoms with Crippen LogP contribution in [0.25, 0.3) is 10.9 Å². The van der Waals surface area contributed by atoms with Crippen molar-refractivity contribution < 1.29 is 0 Å². The molecule has 20 heavy (non-hydrogen) atoms. The summed E-state index contributed by atoms with van der Waals surface area (Å²) in [4.78, 5) is 6.89. The molecule has 3 heteroatoms. The number of rotatable bonds is 3. The molecule has 0 bridgehead atoms. The van der Waals surface area contributed by atoms with Gasteiger partial charge in [0.25, 0.3) is 0 Å². The predicted octanol–water partition coefficient (Wildman–Crippen LogP) is 3.19. The van der Waals surface area contributed by atoms with Crippen molar-refractivity contribution in [1.29, 1.82) is 0 Å². The second-order valence-electron chi connectivity index (χ2n) is 5.81. The van der Waals surface area contributed by atoms with Gasteiger partial charge in [-0.3, -0.25) is 4.98 Å². The topological polar surface area (TPSA) is 42.2 Å². The molecule has 1 aromatic heterocycles. The fraction of sp³-hybridized carbons (Fsp3) is 0.471. The van der Waals surface area contributed by atoms with Crippen LogP contribution in [0.1, 0.15) is 25.7 Å². The van der Waals surface area contributed by atoms with Crippen LogP contribution >= 0.6 is 0 Å². The van der Waals surface area contributed by atoms with E-state index in [1.807, 2.05) is 12.3 Å². The maximum Gasteiger partial charge on any atom is 0.0722 e. The van der Waals surface area contributed by atoms with Crippen LogP contribution in [0.5, 0.6) is 0 Å².